The van der Waals surface area contributed by atoms with Gasteiger partial charge in [-0.25, -0.2) is 0 Å². The van der Waals surface area contributed by atoms with E-state index in [1.807, 2.05) is 24.3 Å². The second-order valence-corrected chi connectivity index (χ2v) is 10.1. The smallest absolute Gasteiger partial charge is 0.255 e. The summed E-state index contributed by atoms with van der Waals surface area (Å²) in [6.45, 7) is 9.38. The van der Waals surface area contributed by atoms with Crippen molar-refractivity contribution in [3.8, 4) is 0 Å². The molecule has 0 bridgehead atoms. The van der Waals surface area contributed by atoms with Gasteiger partial charge in [-0.3, -0.25) is 9.59 Å². The van der Waals surface area contributed by atoms with Crippen LogP contribution in [-0.4, -0.2) is 66.0 Å². The zero-order valence-electron chi connectivity index (χ0n) is 17.5. The Hall–Kier alpha value is -1.53. The maximum atomic E-state index is 13.0. The van der Waals surface area contributed by atoms with Gasteiger partial charge in [0.1, 0.15) is 6.04 Å². The molecule has 0 spiro atoms. The molecule has 3 rings (SSSR count). The number of hydrogen-bond donors (Lipinski definition) is 1. The van der Waals surface area contributed by atoms with Crippen LogP contribution in [0.4, 0.5) is 0 Å². The minimum Gasteiger partial charge on any atom is -0.354 e. The number of likely N-dealkylation sites (tertiary alicyclic amines) is 1. The van der Waals surface area contributed by atoms with Gasteiger partial charge in [-0.2, -0.15) is 0 Å². The van der Waals surface area contributed by atoms with E-state index in [0.717, 1.165) is 32.5 Å². The van der Waals surface area contributed by atoms with Crippen LogP contribution in [0.15, 0.2) is 24.3 Å². The van der Waals surface area contributed by atoms with E-state index in [-0.39, 0.29) is 23.3 Å². The molecule has 2 saturated heterocycles. The fourth-order valence-electron chi connectivity index (χ4n) is 3.77. The van der Waals surface area contributed by atoms with Gasteiger partial charge in [-0.05, 0) is 62.0 Å². The highest BCUT2D eigenvalue weighted by molar-refractivity contribution is 7.99. The molecule has 0 radical (unpaired) electrons. The molecule has 2 aliphatic heterocycles. The zero-order valence-corrected chi connectivity index (χ0v) is 18.3. The Bertz CT molecular complexity index is 691. The number of carbonyl (C=O) groups is 2. The van der Waals surface area contributed by atoms with Crippen LogP contribution in [0.25, 0.3) is 0 Å². The molecule has 1 N–H and O–H groups in total. The number of rotatable bonds is 4. The minimum absolute atomic E-state index is 0.0106. The zero-order chi connectivity index (χ0) is 20.3. The second-order valence-electron chi connectivity index (χ2n) is 9.11. The first-order valence-corrected chi connectivity index (χ1v) is 11.4. The lowest BCUT2D eigenvalue weighted by molar-refractivity contribution is -0.124. The Morgan fingerprint density at radius 1 is 1.14 bits per heavy atom. The van der Waals surface area contributed by atoms with E-state index in [9.17, 15) is 9.59 Å². The number of amides is 2. The summed E-state index contributed by atoms with van der Waals surface area (Å²) in [6.07, 6.45) is 2.25. The van der Waals surface area contributed by atoms with Gasteiger partial charge in [0.2, 0.25) is 5.91 Å². The lowest BCUT2D eigenvalue weighted by Crippen LogP contribution is -2.48. The number of nitrogens with zero attached hydrogens (tertiary/aromatic N) is 2. The standard InChI is InChI=1S/C22H33N3O2S/c1-22(2,3)18-7-5-17(6-8-18)21(27)25-15-28-14-19(25)20(26)23-13-16-9-11-24(4)12-10-16/h5-8,16,19H,9-15H2,1-4H3,(H,23,26). The molecule has 5 nitrogen and oxygen atoms in total. The highest BCUT2D eigenvalue weighted by atomic mass is 32.2. The molecule has 2 fully saturated rings. The summed E-state index contributed by atoms with van der Waals surface area (Å²) in [7, 11) is 2.14. The molecule has 1 aromatic rings. The first-order chi connectivity index (χ1) is 13.3. The lowest BCUT2D eigenvalue weighted by Gasteiger charge is -2.30. The highest BCUT2D eigenvalue weighted by Crippen LogP contribution is 2.26. The van der Waals surface area contributed by atoms with Crippen molar-refractivity contribution in [2.24, 2.45) is 5.92 Å². The summed E-state index contributed by atoms with van der Waals surface area (Å²) >= 11 is 1.65. The average molecular weight is 404 g/mol. The molecule has 0 aliphatic carbocycles. The Labute approximate surface area is 173 Å². The van der Waals surface area contributed by atoms with Gasteiger partial charge >= 0.3 is 0 Å². The third-order valence-electron chi connectivity index (χ3n) is 5.85. The van der Waals surface area contributed by atoms with Crippen LogP contribution < -0.4 is 5.32 Å². The third-order valence-corrected chi connectivity index (χ3v) is 6.86. The number of carbonyl (C=O) groups excluding carboxylic acids is 2. The lowest BCUT2D eigenvalue weighted by atomic mass is 9.86. The van der Waals surface area contributed by atoms with Crippen LogP contribution in [0.3, 0.4) is 0 Å². The monoisotopic (exact) mass is 403 g/mol. The topological polar surface area (TPSA) is 52.7 Å². The fourth-order valence-corrected chi connectivity index (χ4v) is 4.92. The number of thioether (sulfide) groups is 1. The first kappa shape index (κ1) is 21.2. The highest BCUT2D eigenvalue weighted by Gasteiger charge is 2.35. The molecule has 1 atom stereocenters. The number of nitrogens with one attached hydrogen (secondary N) is 1. The molecule has 0 saturated carbocycles. The van der Waals surface area contributed by atoms with Crippen LogP contribution in [-0.2, 0) is 10.2 Å². The van der Waals surface area contributed by atoms with Crippen LogP contribution in [0, 0.1) is 5.92 Å². The van der Waals surface area contributed by atoms with Crippen molar-refractivity contribution in [3.05, 3.63) is 35.4 Å². The molecule has 28 heavy (non-hydrogen) atoms. The average Bonchev–Trinajstić information content (AvgIpc) is 3.16. The number of piperidine rings is 1. The first-order valence-electron chi connectivity index (χ1n) is 10.2. The molecule has 1 unspecified atom stereocenters. The van der Waals surface area contributed by atoms with E-state index in [0.29, 0.717) is 23.1 Å². The van der Waals surface area contributed by atoms with Gasteiger partial charge in [-0.15, -0.1) is 11.8 Å². The number of hydrogen-bond acceptors (Lipinski definition) is 4. The van der Waals surface area contributed by atoms with E-state index < -0.39 is 0 Å². The molecule has 2 heterocycles. The van der Waals surface area contributed by atoms with Gasteiger partial charge in [0.15, 0.2) is 0 Å². The summed E-state index contributed by atoms with van der Waals surface area (Å²) in [5.74, 6) is 1.73. The van der Waals surface area contributed by atoms with E-state index in [1.165, 1.54) is 5.56 Å². The summed E-state index contributed by atoms with van der Waals surface area (Å²) < 4.78 is 0. The van der Waals surface area contributed by atoms with E-state index in [4.69, 9.17) is 0 Å². The summed E-state index contributed by atoms with van der Waals surface area (Å²) in [6, 6.07) is 7.45. The van der Waals surface area contributed by atoms with Gasteiger partial charge < -0.3 is 15.1 Å². The van der Waals surface area contributed by atoms with Crippen molar-refractivity contribution in [3.63, 3.8) is 0 Å². The van der Waals surface area contributed by atoms with Gasteiger partial charge in [0.25, 0.3) is 5.91 Å². The predicted molar refractivity (Wildman–Crippen MR) is 116 cm³/mol. The van der Waals surface area contributed by atoms with Crippen molar-refractivity contribution in [1.29, 1.82) is 0 Å². The Morgan fingerprint density at radius 3 is 2.39 bits per heavy atom. The van der Waals surface area contributed by atoms with Crippen LogP contribution >= 0.6 is 11.8 Å². The van der Waals surface area contributed by atoms with Crippen LogP contribution in [0.5, 0.6) is 0 Å². The van der Waals surface area contributed by atoms with Crippen LogP contribution in [0.1, 0.15) is 49.5 Å². The molecule has 6 heteroatoms. The molecular weight excluding hydrogens is 370 g/mol. The molecule has 0 aromatic heterocycles. The summed E-state index contributed by atoms with van der Waals surface area (Å²) in [5.41, 5.74) is 1.91. The van der Waals surface area contributed by atoms with Crippen molar-refractivity contribution in [2.45, 2.75) is 45.1 Å². The van der Waals surface area contributed by atoms with Crippen molar-refractivity contribution in [2.75, 3.05) is 38.3 Å². The fraction of sp³-hybridized carbons (Fsp3) is 0.636. The van der Waals surface area contributed by atoms with Gasteiger partial charge in [-0.1, -0.05) is 32.9 Å². The van der Waals surface area contributed by atoms with Crippen molar-refractivity contribution >= 4 is 23.6 Å². The summed E-state index contributed by atoms with van der Waals surface area (Å²) in [4.78, 5) is 29.8. The van der Waals surface area contributed by atoms with Gasteiger partial charge in [0, 0.05) is 17.9 Å². The molecular formula is C22H33N3O2S. The molecule has 2 amide bonds. The Balaban J connectivity index is 1.58. The van der Waals surface area contributed by atoms with Crippen molar-refractivity contribution in [1.82, 2.24) is 15.1 Å². The SMILES string of the molecule is CN1CCC(CNC(=O)C2CSCN2C(=O)c2ccc(C(C)(C)C)cc2)CC1. The van der Waals surface area contributed by atoms with E-state index in [2.05, 4.69) is 38.0 Å². The van der Waals surface area contributed by atoms with E-state index >= 15 is 0 Å². The number of benzene rings is 1. The second kappa shape index (κ2) is 8.87. The van der Waals surface area contributed by atoms with Crippen molar-refractivity contribution < 1.29 is 9.59 Å². The normalized spacial score (nSPS) is 21.7. The molecule has 2 aliphatic rings. The molecule has 1 aromatic carbocycles. The minimum atomic E-state index is -0.369. The predicted octanol–water partition coefficient (Wildman–Crippen LogP) is 2.96. The van der Waals surface area contributed by atoms with E-state index in [1.54, 1.807) is 16.7 Å². The summed E-state index contributed by atoms with van der Waals surface area (Å²) in [5, 5.41) is 3.11. The maximum Gasteiger partial charge on any atom is 0.255 e. The molecule has 154 valence electrons. The quantitative estimate of drug-likeness (QED) is 0.840. The largest absolute Gasteiger partial charge is 0.354 e. The van der Waals surface area contributed by atoms with Gasteiger partial charge in [0.05, 0.1) is 5.88 Å². The Morgan fingerprint density at radius 2 is 1.79 bits per heavy atom. The Kier molecular flexibility index (Phi) is 6.71. The maximum absolute atomic E-state index is 13.0. The third kappa shape index (κ3) is 5.09. The van der Waals surface area contributed by atoms with Crippen LogP contribution in [0.2, 0.25) is 0 Å².